The van der Waals surface area contributed by atoms with E-state index in [9.17, 15) is 43.8 Å². The van der Waals surface area contributed by atoms with Gasteiger partial charge in [-0.2, -0.15) is 0 Å². The van der Waals surface area contributed by atoms with E-state index in [2.05, 4.69) is 58.2 Å². The van der Waals surface area contributed by atoms with Gasteiger partial charge < -0.3 is 83.6 Å². The average molecular weight is 1320 g/mol. The molecule has 10 atom stereocenters. The Morgan fingerprint density at radius 2 is 1.03 bits per heavy atom. The van der Waals surface area contributed by atoms with E-state index < -0.39 is 126 Å². The molecule has 10 amide bonds. The normalized spacial score (nSPS) is 14.8. The number of hydrogen-bond donors (Lipinski definition) is 14. The minimum atomic E-state index is -1.57. The van der Waals surface area contributed by atoms with Crippen LogP contribution < -0.4 is 58.9 Å². The summed E-state index contributed by atoms with van der Waals surface area (Å²) < 4.78 is 11.6. The number of aromatic nitrogens is 1. The maximum absolute atomic E-state index is 15.3. The first-order valence-electron chi connectivity index (χ1n) is 30.5. The van der Waals surface area contributed by atoms with Gasteiger partial charge in [0.15, 0.2) is 0 Å². The number of rotatable bonds is 37. The molecule has 92 heavy (non-hydrogen) atoms. The van der Waals surface area contributed by atoms with Gasteiger partial charge in [-0.05, 0) is 104 Å². The summed E-state index contributed by atoms with van der Waals surface area (Å²) in [6, 6.07) is 14.3. The van der Waals surface area contributed by atoms with E-state index in [-0.39, 0.29) is 80.1 Å². The zero-order valence-corrected chi connectivity index (χ0v) is 55.7. The molecule has 1 aromatic heterocycles. The summed E-state index contributed by atoms with van der Waals surface area (Å²) in [7, 11) is 0. The van der Waals surface area contributed by atoms with Gasteiger partial charge in [0.2, 0.25) is 53.2 Å². The highest BCUT2D eigenvalue weighted by Gasteiger charge is 2.38. The number of carbonyl (C=O) groups is 10. The Balaban J connectivity index is 1.77. The number of H-pyrrole nitrogens is 1. The topological polar surface area (TPSA) is 392 Å². The number of aromatic amines is 1. The van der Waals surface area contributed by atoms with Gasteiger partial charge >= 0.3 is 6.09 Å². The summed E-state index contributed by atoms with van der Waals surface area (Å²) in [6.07, 6.45) is -1.09. The predicted octanol–water partition coefficient (Wildman–Crippen LogP) is 1.84. The van der Waals surface area contributed by atoms with Crippen LogP contribution in [0.2, 0.25) is 0 Å². The number of aliphatic hydroxyl groups is 2. The first-order valence-corrected chi connectivity index (χ1v) is 32.8. The quantitative estimate of drug-likeness (QED) is 0.0226. The lowest BCUT2D eigenvalue weighted by Gasteiger charge is -2.33. The van der Waals surface area contributed by atoms with Crippen LogP contribution in [-0.2, 0) is 71.9 Å². The standard InChI is InChI=1S/C64H94N12O14S2/c1-38(78)51(33-77)73-60(86)53(35-92-37-69-41(4)80)75-61(87)54(39(2)89-63(5,6)7)76-56(82)48(27-19-20-28-66-62(88)90-64(8,9)10)70-58(84)50(31-44-32-67-47-26-18-17-25-45(44)47)72-57(83)49(30-43-23-15-12-16-24-43)71-59(85)52(34-91-36-68-40(3)79)74-55(81)46(65)29-42-21-13-11-14-22-42/h11-18,21-26,32,38-39,46,48-54,67,77-78H,19-20,27-31,33-37,65H2,1-10H3,(H,66,88)(H,68,79)(H,69,80)(H,70,84)(H,71,85)(H,72,83)(H,73,86)(H,74,81)(H,75,87)(H,76,82)/t38-,39-,46-,48+,49+,50-,51-,52+,53+,54+/m1/s1. The van der Waals surface area contributed by atoms with Crippen molar-refractivity contribution < 1.29 is 67.6 Å². The van der Waals surface area contributed by atoms with Gasteiger partial charge in [-0.15, -0.1) is 23.5 Å². The van der Waals surface area contributed by atoms with Gasteiger partial charge in [0.25, 0.3) is 0 Å². The Morgan fingerprint density at radius 1 is 0.554 bits per heavy atom. The van der Waals surface area contributed by atoms with E-state index in [1.54, 1.807) is 96.3 Å². The van der Waals surface area contributed by atoms with E-state index in [0.717, 1.165) is 29.1 Å². The van der Waals surface area contributed by atoms with Crippen LogP contribution in [0.4, 0.5) is 4.79 Å². The molecule has 1 heterocycles. The van der Waals surface area contributed by atoms with Crippen LogP contribution in [0, 0.1) is 0 Å². The van der Waals surface area contributed by atoms with Crippen molar-refractivity contribution in [3.63, 3.8) is 0 Å². The van der Waals surface area contributed by atoms with Crippen LogP contribution in [0.15, 0.2) is 91.1 Å². The van der Waals surface area contributed by atoms with Crippen molar-refractivity contribution in [3.8, 4) is 0 Å². The van der Waals surface area contributed by atoms with Crippen molar-refractivity contribution in [1.82, 2.24) is 58.2 Å². The monoisotopic (exact) mass is 1320 g/mol. The molecular weight excluding hydrogens is 1220 g/mol. The molecule has 28 heteroatoms. The van der Waals surface area contributed by atoms with Gasteiger partial charge in [0.05, 0.1) is 48.3 Å². The highest BCUT2D eigenvalue weighted by molar-refractivity contribution is 7.99. The van der Waals surface area contributed by atoms with Crippen molar-refractivity contribution >= 4 is 93.7 Å². The molecule has 0 fully saturated rings. The molecule has 0 aliphatic heterocycles. The molecule has 0 saturated carbocycles. The fourth-order valence-electron chi connectivity index (χ4n) is 9.26. The first-order chi connectivity index (χ1) is 43.4. The lowest BCUT2D eigenvalue weighted by atomic mass is 10.0. The van der Waals surface area contributed by atoms with Crippen LogP contribution in [0.3, 0.4) is 0 Å². The van der Waals surface area contributed by atoms with Gasteiger partial charge in [0.1, 0.15) is 41.9 Å². The summed E-state index contributed by atoms with van der Waals surface area (Å²) in [5.41, 5.74) is 7.37. The first kappa shape index (κ1) is 76.7. The molecule has 4 aromatic rings. The Morgan fingerprint density at radius 3 is 1.57 bits per heavy atom. The van der Waals surface area contributed by atoms with Crippen LogP contribution in [0.1, 0.15) is 105 Å². The SMILES string of the molecule is CC(=O)NCSC[C@H](NC(=O)[C@H](N)Cc1ccccc1)C(=O)N[C@@H](Cc1ccccc1)C(=O)N[C@H](Cc1c[nH]c2ccccc12)C(=O)N[C@@H](CCCCNC(=O)OC(C)(C)C)C(=O)N[C@H](C(=O)N[C@@H](CSCNC(C)=O)C(=O)N[C@H](CO)[C@@H](C)O)[C@@H](C)OC(C)(C)C. The Labute approximate surface area is 546 Å². The molecule has 0 saturated heterocycles. The average Bonchev–Trinajstić information content (AvgIpc) is 1.60. The van der Waals surface area contributed by atoms with Crippen molar-refractivity contribution in [2.24, 2.45) is 5.73 Å². The van der Waals surface area contributed by atoms with Gasteiger partial charge in [-0.1, -0.05) is 78.9 Å². The Hall–Kier alpha value is -7.76. The fourth-order valence-corrected chi connectivity index (χ4v) is 11.0. The molecular formula is C64H94N12O14S2. The Bertz CT molecular complexity index is 3050. The third-order valence-corrected chi connectivity index (χ3v) is 15.7. The second kappa shape index (κ2) is 38.3. The number of amides is 10. The highest BCUT2D eigenvalue weighted by atomic mass is 32.2. The maximum Gasteiger partial charge on any atom is 0.407 e. The number of para-hydroxylation sites is 1. The van der Waals surface area contributed by atoms with Crippen LogP contribution in [-0.4, -0.2) is 183 Å². The minimum absolute atomic E-state index is 0.0459. The lowest BCUT2D eigenvalue weighted by Crippen LogP contribution is -2.63. The van der Waals surface area contributed by atoms with E-state index in [1.807, 2.05) is 36.4 Å². The number of nitrogens with one attached hydrogen (secondary N) is 11. The number of ether oxygens (including phenoxy) is 2. The molecule has 15 N–H and O–H groups in total. The fraction of sp³-hybridized carbons (Fsp3) is 0.531. The van der Waals surface area contributed by atoms with Gasteiger partial charge in [0, 0.05) is 61.8 Å². The number of thioether (sulfide) groups is 2. The van der Waals surface area contributed by atoms with E-state index >= 15 is 14.4 Å². The van der Waals surface area contributed by atoms with E-state index in [0.29, 0.717) is 22.0 Å². The molecule has 0 radical (unpaired) electrons. The predicted molar refractivity (Wildman–Crippen MR) is 353 cm³/mol. The number of hydrogen-bond acceptors (Lipinski definition) is 17. The zero-order chi connectivity index (χ0) is 68.1. The van der Waals surface area contributed by atoms with E-state index in [1.165, 1.54) is 27.7 Å². The van der Waals surface area contributed by atoms with Crippen LogP contribution >= 0.6 is 23.5 Å². The number of fused-ring (bicyclic) bond motifs is 1. The second-order valence-electron chi connectivity index (χ2n) is 24.2. The Kier molecular flexibility index (Phi) is 31.9. The van der Waals surface area contributed by atoms with Crippen molar-refractivity contribution in [2.75, 3.05) is 36.4 Å². The van der Waals surface area contributed by atoms with Crippen molar-refractivity contribution in [2.45, 2.75) is 180 Å². The number of aliphatic hydroxyl groups excluding tert-OH is 2. The summed E-state index contributed by atoms with van der Waals surface area (Å²) in [5, 5.41) is 48.1. The third kappa shape index (κ3) is 28.4. The lowest BCUT2D eigenvalue weighted by molar-refractivity contribution is -0.140. The third-order valence-electron chi connectivity index (χ3n) is 13.9. The molecule has 0 spiro atoms. The molecule has 3 aromatic carbocycles. The molecule has 26 nitrogen and oxygen atoms in total. The number of benzene rings is 3. The van der Waals surface area contributed by atoms with Crippen molar-refractivity contribution in [3.05, 3.63) is 108 Å². The molecule has 506 valence electrons. The van der Waals surface area contributed by atoms with E-state index in [4.69, 9.17) is 15.2 Å². The summed E-state index contributed by atoms with van der Waals surface area (Å²) in [6.45, 7) is 15.3. The highest BCUT2D eigenvalue weighted by Crippen LogP contribution is 2.21. The molecule has 4 rings (SSSR count). The summed E-state index contributed by atoms with van der Waals surface area (Å²) >= 11 is 2.22. The maximum atomic E-state index is 15.3. The smallest absolute Gasteiger partial charge is 0.407 e. The summed E-state index contributed by atoms with van der Waals surface area (Å²) in [4.78, 5) is 142. The number of nitrogens with two attached hydrogens (primary N) is 1. The summed E-state index contributed by atoms with van der Waals surface area (Å²) in [5.74, 6) is -6.44. The minimum Gasteiger partial charge on any atom is -0.444 e. The van der Waals surface area contributed by atoms with Crippen LogP contribution in [0.5, 0.6) is 0 Å². The van der Waals surface area contributed by atoms with Gasteiger partial charge in [-0.3, -0.25) is 43.2 Å². The molecule has 0 aliphatic carbocycles. The molecule has 0 unspecified atom stereocenters. The van der Waals surface area contributed by atoms with Crippen molar-refractivity contribution in [1.29, 1.82) is 0 Å². The second-order valence-corrected chi connectivity index (χ2v) is 26.3. The van der Waals surface area contributed by atoms with Crippen LogP contribution in [0.25, 0.3) is 10.9 Å². The molecule has 0 aliphatic rings. The number of unbranched alkanes of at least 4 members (excludes halogenated alkanes) is 1. The molecule has 0 bridgehead atoms. The number of carbonyl (C=O) groups excluding carboxylic acids is 10. The zero-order valence-electron chi connectivity index (χ0n) is 54.1. The number of alkyl carbamates (subject to hydrolysis) is 1. The largest absolute Gasteiger partial charge is 0.444 e. The van der Waals surface area contributed by atoms with Gasteiger partial charge in [-0.25, -0.2) is 4.79 Å².